The van der Waals surface area contributed by atoms with Crippen LogP contribution in [0.1, 0.15) is 39.5 Å². The van der Waals surface area contributed by atoms with Gasteiger partial charge in [0.2, 0.25) is 0 Å². The summed E-state index contributed by atoms with van der Waals surface area (Å²) in [4.78, 5) is 21.2. The highest BCUT2D eigenvalue weighted by Gasteiger charge is 2.50. The summed E-state index contributed by atoms with van der Waals surface area (Å²) in [6.45, 7) is 5.03. The van der Waals surface area contributed by atoms with Gasteiger partial charge in [-0.25, -0.2) is 0 Å². The van der Waals surface area contributed by atoms with Crippen molar-refractivity contribution < 1.29 is 9.53 Å². The molecule has 2 aromatic heterocycles. The second-order valence-corrected chi connectivity index (χ2v) is 8.65. The SMILES string of the molecule is Cc1ccc(C(=O)N2C[C@@H]3CCC[C@]3(COCc3ccccn3)C2)s1. The Labute approximate surface area is 152 Å². The minimum atomic E-state index is 0.136. The molecule has 2 atom stereocenters. The van der Waals surface area contributed by atoms with E-state index in [1.54, 1.807) is 17.5 Å². The van der Waals surface area contributed by atoms with Crippen molar-refractivity contribution in [1.29, 1.82) is 0 Å². The molecular weight excluding hydrogens is 332 g/mol. The van der Waals surface area contributed by atoms with Crippen LogP contribution in [0.5, 0.6) is 0 Å². The Hall–Kier alpha value is -1.72. The molecule has 25 heavy (non-hydrogen) atoms. The van der Waals surface area contributed by atoms with Crippen molar-refractivity contribution in [2.45, 2.75) is 32.8 Å². The van der Waals surface area contributed by atoms with E-state index in [1.807, 2.05) is 37.3 Å². The minimum Gasteiger partial charge on any atom is -0.375 e. The Kier molecular flexibility index (Phi) is 4.61. The maximum atomic E-state index is 12.8. The molecule has 1 saturated heterocycles. The zero-order chi connectivity index (χ0) is 17.3. The Bertz CT molecular complexity index is 745. The molecule has 4 rings (SSSR count). The topological polar surface area (TPSA) is 42.4 Å². The van der Waals surface area contributed by atoms with Crippen LogP contribution in [0.25, 0.3) is 0 Å². The highest BCUT2D eigenvalue weighted by Crippen LogP contribution is 2.49. The minimum absolute atomic E-state index is 0.136. The second kappa shape index (κ2) is 6.89. The number of nitrogens with zero attached hydrogens (tertiary/aromatic N) is 2. The molecule has 132 valence electrons. The Morgan fingerprint density at radius 2 is 2.32 bits per heavy atom. The zero-order valence-corrected chi connectivity index (χ0v) is 15.4. The molecule has 0 N–H and O–H groups in total. The van der Waals surface area contributed by atoms with Crippen molar-refractivity contribution in [2.75, 3.05) is 19.7 Å². The molecule has 3 heterocycles. The first-order valence-corrected chi connectivity index (χ1v) is 9.81. The monoisotopic (exact) mass is 356 g/mol. The summed E-state index contributed by atoms with van der Waals surface area (Å²) in [5, 5.41) is 0. The van der Waals surface area contributed by atoms with Crippen LogP contribution in [0, 0.1) is 18.3 Å². The second-order valence-electron chi connectivity index (χ2n) is 7.36. The lowest BCUT2D eigenvalue weighted by molar-refractivity contribution is 0.0252. The number of ether oxygens (including phenoxy) is 1. The van der Waals surface area contributed by atoms with Gasteiger partial charge in [-0.3, -0.25) is 9.78 Å². The molecule has 0 unspecified atom stereocenters. The first-order valence-electron chi connectivity index (χ1n) is 9.00. The first-order chi connectivity index (χ1) is 12.2. The zero-order valence-electron chi connectivity index (χ0n) is 14.6. The fourth-order valence-electron chi connectivity index (χ4n) is 4.35. The first kappa shape index (κ1) is 16.7. The third kappa shape index (κ3) is 3.35. The number of carbonyl (C=O) groups is 1. The van der Waals surface area contributed by atoms with E-state index < -0.39 is 0 Å². The molecule has 1 amide bonds. The average Bonchev–Trinajstić information content (AvgIpc) is 3.29. The van der Waals surface area contributed by atoms with E-state index in [2.05, 4.69) is 9.88 Å². The van der Waals surface area contributed by atoms with E-state index in [4.69, 9.17) is 4.74 Å². The van der Waals surface area contributed by atoms with E-state index in [0.717, 1.165) is 36.7 Å². The van der Waals surface area contributed by atoms with Gasteiger partial charge in [0.1, 0.15) is 0 Å². The highest BCUT2D eigenvalue weighted by atomic mass is 32.1. The summed E-state index contributed by atoms with van der Waals surface area (Å²) in [6, 6.07) is 9.89. The summed E-state index contributed by atoms with van der Waals surface area (Å²) in [6.07, 6.45) is 5.42. The van der Waals surface area contributed by atoms with E-state index in [-0.39, 0.29) is 11.3 Å². The van der Waals surface area contributed by atoms with Crippen LogP contribution in [0.15, 0.2) is 36.5 Å². The third-order valence-electron chi connectivity index (χ3n) is 5.64. The molecule has 0 bridgehead atoms. The van der Waals surface area contributed by atoms with Gasteiger partial charge in [0.25, 0.3) is 5.91 Å². The van der Waals surface area contributed by atoms with Gasteiger partial charge >= 0.3 is 0 Å². The average molecular weight is 356 g/mol. The van der Waals surface area contributed by atoms with Crippen LogP contribution >= 0.6 is 11.3 Å². The highest BCUT2D eigenvalue weighted by molar-refractivity contribution is 7.13. The molecule has 5 heteroatoms. The van der Waals surface area contributed by atoms with Gasteiger partial charge in [-0.05, 0) is 49.9 Å². The number of fused-ring (bicyclic) bond motifs is 1. The van der Waals surface area contributed by atoms with Gasteiger partial charge in [0.05, 0.1) is 23.8 Å². The van der Waals surface area contributed by atoms with E-state index in [0.29, 0.717) is 12.5 Å². The smallest absolute Gasteiger partial charge is 0.263 e. The number of carbonyl (C=O) groups excluding carboxylic acids is 1. The lowest BCUT2D eigenvalue weighted by Gasteiger charge is -2.28. The molecule has 1 saturated carbocycles. The quantitative estimate of drug-likeness (QED) is 0.816. The van der Waals surface area contributed by atoms with Crippen molar-refractivity contribution in [1.82, 2.24) is 9.88 Å². The maximum Gasteiger partial charge on any atom is 0.263 e. The molecule has 2 aromatic rings. The standard InChI is InChI=1S/C20H24N2O2S/c1-15-7-8-18(25-15)19(23)22-11-16-5-4-9-20(16,13-22)14-24-12-17-6-2-3-10-21-17/h2-3,6-8,10,16H,4-5,9,11-14H2,1H3/t16-,20+/m0/s1. The van der Waals surface area contributed by atoms with E-state index >= 15 is 0 Å². The van der Waals surface area contributed by atoms with Crippen molar-refractivity contribution >= 4 is 17.2 Å². The van der Waals surface area contributed by atoms with Crippen LogP contribution < -0.4 is 0 Å². The molecule has 1 aliphatic heterocycles. The predicted molar refractivity (Wildman–Crippen MR) is 98.6 cm³/mol. The molecule has 0 radical (unpaired) electrons. The van der Waals surface area contributed by atoms with E-state index in [1.165, 1.54) is 17.7 Å². The summed E-state index contributed by atoms with van der Waals surface area (Å²) < 4.78 is 6.05. The van der Waals surface area contributed by atoms with Gasteiger partial charge < -0.3 is 9.64 Å². The number of amides is 1. The summed E-state index contributed by atoms with van der Waals surface area (Å²) in [5.41, 5.74) is 1.10. The third-order valence-corrected chi connectivity index (χ3v) is 6.63. The fraction of sp³-hybridized carbons (Fsp3) is 0.500. The van der Waals surface area contributed by atoms with Crippen molar-refractivity contribution in [3.63, 3.8) is 0 Å². The Balaban J connectivity index is 1.41. The summed E-state index contributed by atoms with van der Waals surface area (Å²) in [7, 11) is 0. The van der Waals surface area contributed by atoms with Gasteiger partial charge in [-0.1, -0.05) is 12.5 Å². The number of hydrogen-bond donors (Lipinski definition) is 0. The number of aromatic nitrogens is 1. The predicted octanol–water partition coefficient (Wildman–Crippen LogP) is 3.91. The molecule has 2 fully saturated rings. The van der Waals surface area contributed by atoms with Crippen molar-refractivity contribution in [3.05, 3.63) is 52.0 Å². The Morgan fingerprint density at radius 3 is 3.08 bits per heavy atom. The van der Waals surface area contributed by atoms with Crippen LogP contribution in [-0.4, -0.2) is 35.5 Å². The maximum absolute atomic E-state index is 12.8. The van der Waals surface area contributed by atoms with Gasteiger partial charge in [0.15, 0.2) is 0 Å². The van der Waals surface area contributed by atoms with Crippen LogP contribution in [-0.2, 0) is 11.3 Å². The molecule has 0 spiro atoms. The van der Waals surface area contributed by atoms with Crippen LogP contribution in [0.4, 0.5) is 0 Å². The number of pyridine rings is 1. The molecule has 4 nitrogen and oxygen atoms in total. The molecule has 2 aliphatic rings. The molecule has 1 aliphatic carbocycles. The lowest BCUT2D eigenvalue weighted by Crippen LogP contribution is -2.34. The van der Waals surface area contributed by atoms with E-state index in [9.17, 15) is 4.79 Å². The summed E-state index contributed by atoms with van der Waals surface area (Å²) >= 11 is 1.59. The normalized spacial score (nSPS) is 25.3. The fourth-order valence-corrected chi connectivity index (χ4v) is 5.19. The van der Waals surface area contributed by atoms with Crippen molar-refractivity contribution in [3.8, 4) is 0 Å². The molecule has 0 aromatic carbocycles. The Morgan fingerprint density at radius 1 is 1.40 bits per heavy atom. The van der Waals surface area contributed by atoms with Crippen molar-refractivity contribution in [2.24, 2.45) is 11.3 Å². The lowest BCUT2D eigenvalue weighted by atomic mass is 9.81. The number of rotatable bonds is 5. The number of thiophene rings is 1. The van der Waals surface area contributed by atoms with Crippen LogP contribution in [0.2, 0.25) is 0 Å². The van der Waals surface area contributed by atoms with Crippen LogP contribution in [0.3, 0.4) is 0 Å². The number of likely N-dealkylation sites (tertiary alicyclic amines) is 1. The summed E-state index contributed by atoms with van der Waals surface area (Å²) in [5.74, 6) is 0.762. The largest absolute Gasteiger partial charge is 0.375 e. The molecular formula is C20H24N2O2S. The van der Waals surface area contributed by atoms with Gasteiger partial charge in [0, 0.05) is 29.6 Å². The van der Waals surface area contributed by atoms with Gasteiger partial charge in [-0.2, -0.15) is 0 Å². The number of hydrogen-bond acceptors (Lipinski definition) is 4. The van der Waals surface area contributed by atoms with Gasteiger partial charge in [-0.15, -0.1) is 11.3 Å². The number of aryl methyl sites for hydroxylation is 1.